The second-order valence-electron chi connectivity index (χ2n) is 17.0. The van der Waals surface area contributed by atoms with Gasteiger partial charge in [-0.1, -0.05) is 179 Å². The molecule has 58 heavy (non-hydrogen) atoms. The van der Waals surface area contributed by atoms with Crippen molar-refractivity contribution < 1.29 is 0 Å². The fourth-order valence-electron chi connectivity index (χ4n) is 10.1. The fraction of sp³-hybridized carbons (Fsp3) is 0.107. The van der Waals surface area contributed by atoms with E-state index in [2.05, 4.69) is 232 Å². The Morgan fingerprint density at radius 1 is 0.379 bits per heavy atom. The molecule has 2 nitrogen and oxygen atoms in total. The Labute approximate surface area is 341 Å². The third-order valence-electron chi connectivity index (χ3n) is 13.0. The third kappa shape index (κ3) is 5.04. The van der Waals surface area contributed by atoms with Crippen LogP contribution in [-0.4, -0.2) is 0 Å². The second kappa shape index (κ2) is 12.8. The number of nitrogens with zero attached hydrogens (tertiary/aromatic N) is 2. The maximum Gasteiger partial charge on any atom is 0.0618 e. The van der Waals surface area contributed by atoms with E-state index in [1.165, 1.54) is 83.1 Å². The van der Waals surface area contributed by atoms with Crippen LogP contribution in [-0.2, 0) is 10.8 Å². The van der Waals surface area contributed by atoms with Gasteiger partial charge in [-0.25, -0.2) is 0 Å². The second-order valence-corrected chi connectivity index (χ2v) is 17.0. The average Bonchev–Trinajstić information content (AvgIpc) is 3.49. The summed E-state index contributed by atoms with van der Waals surface area (Å²) in [5, 5.41) is 4.88. The van der Waals surface area contributed by atoms with E-state index >= 15 is 0 Å². The van der Waals surface area contributed by atoms with Gasteiger partial charge in [0.15, 0.2) is 0 Å². The van der Waals surface area contributed by atoms with Crippen LogP contribution in [0.5, 0.6) is 0 Å². The minimum Gasteiger partial charge on any atom is -0.310 e. The summed E-state index contributed by atoms with van der Waals surface area (Å²) in [4.78, 5) is 5.01. The molecule has 0 aromatic heterocycles. The summed E-state index contributed by atoms with van der Waals surface area (Å²) in [5.41, 5.74) is 17.1. The van der Waals surface area contributed by atoms with Gasteiger partial charge in [-0.05, 0) is 92.2 Å². The first-order valence-electron chi connectivity index (χ1n) is 20.4. The zero-order chi connectivity index (χ0) is 39.2. The van der Waals surface area contributed by atoms with E-state index in [0.717, 1.165) is 17.1 Å². The molecule has 278 valence electrons. The van der Waals surface area contributed by atoms with Crippen molar-refractivity contribution in [2.75, 3.05) is 9.80 Å². The lowest BCUT2D eigenvalue weighted by Gasteiger charge is -2.43. The zero-order valence-corrected chi connectivity index (χ0v) is 33.4. The van der Waals surface area contributed by atoms with Gasteiger partial charge in [-0.3, -0.25) is 0 Å². The molecule has 0 fully saturated rings. The van der Waals surface area contributed by atoms with E-state index in [1.54, 1.807) is 0 Å². The van der Waals surface area contributed by atoms with Gasteiger partial charge in [0.1, 0.15) is 0 Å². The van der Waals surface area contributed by atoms with Crippen LogP contribution < -0.4 is 9.80 Å². The number of hydrogen-bond acceptors (Lipinski definition) is 2. The first-order valence-corrected chi connectivity index (χ1v) is 20.4. The summed E-state index contributed by atoms with van der Waals surface area (Å²) in [7, 11) is 0. The molecular weight excluding hydrogens is 701 g/mol. The monoisotopic (exact) mass is 744 g/mol. The van der Waals surface area contributed by atoms with Crippen molar-refractivity contribution in [3.8, 4) is 22.3 Å². The number of hydrogen-bond donors (Lipinski definition) is 0. The molecular formula is C56H44N2. The topological polar surface area (TPSA) is 6.48 Å². The van der Waals surface area contributed by atoms with E-state index in [4.69, 9.17) is 0 Å². The molecule has 0 bridgehead atoms. The van der Waals surface area contributed by atoms with Gasteiger partial charge < -0.3 is 9.80 Å². The van der Waals surface area contributed by atoms with E-state index < -0.39 is 0 Å². The summed E-state index contributed by atoms with van der Waals surface area (Å²) in [5.74, 6) is 0. The van der Waals surface area contributed by atoms with Crippen molar-refractivity contribution in [1.82, 2.24) is 0 Å². The Kier molecular flexibility index (Phi) is 7.59. The molecule has 9 aromatic rings. The molecule has 0 saturated heterocycles. The predicted octanol–water partition coefficient (Wildman–Crippen LogP) is 15.5. The number of rotatable bonds is 5. The Bertz CT molecular complexity index is 3080. The SMILES string of the molecule is CC1(C)c2ccccc2-c2ccc(-c3ccc4ccccc4c3N3c4ccccc4C(C)(C)c4ccc(N(c5ccccc5)c5cccc6ccccc56)cc43)cc21. The Morgan fingerprint density at radius 3 is 1.81 bits per heavy atom. The maximum atomic E-state index is 2.58. The van der Waals surface area contributed by atoms with Gasteiger partial charge >= 0.3 is 0 Å². The molecule has 1 aliphatic carbocycles. The minimum atomic E-state index is -0.244. The highest BCUT2D eigenvalue weighted by Crippen LogP contribution is 2.57. The highest BCUT2D eigenvalue weighted by atomic mass is 15.2. The highest BCUT2D eigenvalue weighted by molar-refractivity contribution is 6.08. The summed E-state index contributed by atoms with van der Waals surface area (Å²) < 4.78 is 0. The van der Waals surface area contributed by atoms with Gasteiger partial charge in [-0.15, -0.1) is 0 Å². The lowest BCUT2D eigenvalue weighted by molar-refractivity contribution is 0.632. The zero-order valence-electron chi connectivity index (χ0n) is 33.4. The Morgan fingerprint density at radius 2 is 0.983 bits per heavy atom. The van der Waals surface area contributed by atoms with Crippen molar-refractivity contribution in [2.45, 2.75) is 38.5 Å². The van der Waals surface area contributed by atoms with Gasteiger partial charge in [0, 0.05) is 38.5 Å². The summed E-state index contributed by atoms with van der Waals surface area (Å²) in [6, 6.07) is 72.0. The van der Waals surface area contributed by atoms with Crippen LogP contribution in [0.1, 0.15) is 49.9 Å². The summed E-state index contributed by atoms with van der Waals surface area (Å²) >= 11 is 0. The van der Waals surface area contributed by atoms with Crippen molar-refractivity contribution in [1.29, 1.82) is 0 Å². The minimum absolute atomic E-state index is 0.106. The average molecular weight is 745 g/mol. The Balaban J connectivity index is 1.19. The standard InChI is InChI=1S/C56H44N2/c1-55(2)47-25-13-12-24-45(47)46-33-30-39(35-50(46)55)44-32-29-38-18-9-11-23-43(38)54(44)58-52-27-15-14-26-48(52)56(3,4)49-34-31-41(36-53(49)58)57(40-20-6-5-7-21-40)51-28-16-19-37-17-8-10-22-42(37)51/h5-36H,1-4H3. The molecule has 0 saturated carbocycles. The molecule has 11 rings (SSSR count). The third-order valence-corrected chi connectivity index (χ3v) is 13.0. The first kappa shape index (κ1) is 34.4. The van der Waals surface area contributed by atoms with E-state index in [-0.39, 0.29) is 10.8 Å². The van der Waals surface area contributed by atoms with E-state index in [1.807, 2.05) is 0 Å². The summed E-state index contributed by atoms with van der Waals surface area (Å²) in [6.07, 6.45) is 0. The Hall–Kier alpha value is -6.90. The smallest absolute Gasteiger partial charge is 0.0618 e. The largest absolute Gasteiger partial charge is 0.310 e. The van der Waals surface area contributed by atoms with E-state index in [0.29, 0.717) is 0 Å². The summed E-state index contributed by atoms with van der Waals surface area (Å²) in [6.45, 7) is 9.51. The quantitative estimate of drug-likeness (QED) is 0.173. The van der Waals surface area contributed by atoms with Crippen LogP contribution in [0.15, 0.2) is 194 Å². The van der Waals surface area contributed by atoms with Crippen molar-refractivity contribution in [2.24, 2.45) is 0 Å². The molecule has 2 aliphatic rings. The maximum absolute atomic E-state index is 2.58. The lowest BCUT2D eigenvalue weighted by Crippen LogP contribution is -2.31. The number of fused-ring (bicyclic) bond motifs is 7. The molecule has 1 aliphatic heterocycles. The van der Waals surface area contributed by atoms with Crippen LogP contribution in [0.4, 0.5) is 34.1 Å². The molecule has 0 atom stereocenters. The van der Waals surface area contributed by atoms with Crippen LogP contribution in [0.2, 0.25) is 0 Å². The van der Waals surface area contributed by atoms with Gasteiger partial charge in [0.05, 0.1) is 22.7 Å². The predicted molar refractivity (Wildman–Crippen MR) is 246 cm³/mol. The molecule has 2 heteroatoms. The number of anilines is 6. The number of para-hydroxylation sites is 2. The van der Waals surface area contributed by atoms with Gasteiger partial charge in [-0.2, -0.15) is 0 Å². The first-order chi connectivity index (χ1) is 28.3. The molecule has 0 unspecified atom stereocenters. The molecule has 0 radical (unpaired) electrons. The molecule has 1 heterocycles. The van der Waals surface area contributed by atoms with Gasteiger partial charge in [0.2, 0.25) is 0 Å². The molecule has 0 spiro atoms. The van der Waals surface area contributed by atoms with Crippen LogP contribution in [0.3, 0.4) is 0 Å². The molecule has 0 N–H and O–H groups in total. The van der Waals surface area contributed by atoms with Crippen LogP contribution in [0.25, 0.3) is 43.8 Å². The van der Waals surface area contributed by atoms with Crippen LogP contribution >= 0.6 is 0 Å². The molecule has 0 amide bonds. The van der Waals surface area contributed by atoms with Gasteiger partial charge in [0.25, 0.3) is 0 Å². The normalized spacial score (nSPS) is 14.4. The highest BCUT2D eigenvalue weighted by Gasteiger charge is 2.39. The van der Waals surface area contributed by atoms with Crippen molar-refractivity contribution >= 4 is 55.7 Å². The lowest BCUT2D eigenvalue weighted by atomic mass is 9.73. The van der Waals surface area contributed by atoms with Crippen molar-refractivity contribution in [3.63, 3.8) is 0 Å². The van der Waals surface area contributed by atoms with Crippen molar-refractivity contribution in [3.05, 3.63) is 216 Å². The van der Waals surface area contributed by atoms with E-state index in [9.17, 15) is 0 Å². The van der Waals surface area contributed by atoms with Crippen LogP contribution in [0, 0.1) is 0 Å². The number of benzene rings is 9. The fourth-order valence-corrected chi connectivity index (χ4v) is 10.1. The molecule has 9 aromatic carbocycles.